The normalized spacial score (nSPS) is 16.0. The third-order valence-electron chi connectivity index (χ3n) is 4.50. The molecule has 0 bridgehead atoms. The van der Waals surface area contributed by atoms with Crippen LogP contribution in [0.15, 0.2) is 33.9 Å². The summed E-state index contributed by atoms with van der Waals surface area (Å²) in [5, 5.41) is 2.63. The molecule has 4 rings (SSSR count). The van der Waals surface area contributed by atoms with E-state index >= 15 is 0 Å². The smallest absolute Gasteiger partial charge is 0.252 e. The summed E-state index contributed by atoms with van der Waals surface area (Å²) in [4.78, 5) is 6.84. The second kappa shape index (κ2) is 7.27. The van der Waals surface area contributed by atoms with Crippen LogP contribution in [0.4, 0.5) is 5.13 Å². The lowest BCUT2D eigenvalue weighted by Crippen LogP contribution is -2.48. The Morgan fingerprint density at radius 1 is 1.04 bits per heavy atom. The fourth-order valence-corrected chi connectivity index (χ4v) is 6.76. The van der Waals surface area contributed by atoms with Gasteiger partial charge in [0, 0.05) is 26.2 Å². The van der Waals surface area contributed by atoms with Crippen LogP contribution in [-0.2, 0) is 10.0 Å². The first-order chi connectivity index (χ1) is 13.0. The van der Waals surface area contributed by atoms with Crippen molar-refractivity contribution in [2.24, 2.45) is 0 Å². The van der Waals surface area contributed by atoms with E-state index in [4.69, 9.17) is 14.5 Å². The van der Waals surface area contributed by atoms with Gasteiger partial charge in [0.15, 0.2) is 5.13 Å². The van der Waals surface area contributed by atoms with Crippen LogP contribution < -0.4 is 14.4 Å². The van der Waals surface area contributed by atoms with Gasteiger partial charge in [-0.05, 0) is 23.6 Å². The molecule has 10 heteroatoms. The Kier molecular flexibility index (Phi) is 4.97. The quantitative estimate of drug-likeness (QED) is 0.626. The SMILES string of the molecule is COc1ccc(OC)c2sc(N3CCN(S(=O)(=O)c4cccs4)CC3)nc12. The molecule has 1 aliphatic heterocycles. The molecular formula is C17H19N3O4S3. The third kappa shape index (κ3) is 3.27. The van der Waals surface area contributed by atoms with Crippen LogP contribution in [0.5, 0.6) is 11.5 Å². The maximum absolute atomic E-state index is 12.7. The van der Waals surface area contributed by atoms with Crippen molar-refractivity contribution in [1.82, 2.24) is 9.29 Å². The Balaban J connectivity index is 1.56. The molecule has 0 atom stereocenters. The van der Waals surface area contributed by atoms with Crippen LogP contribution in [0, 0.1) is 0 Å². The predicted octanol–water partition coefficient (Wildman–Crippen LogP) is 2.89. The number of nitrogens with zero attached hydrogens (tertiary/aromatic N) is 3. The molecule has 1 fully saturated rings. The standard InChI is InChI=1S/C17H19N3O4S3/c1-23-12-5-6-13(24-2)16-15(12)18-17(26-16)19-7-9-20(10-8-19)27(21,22)14-4-3-11-25-14/h3-6,11H,7-10H2,1-2H3. The number of aromatic nitrogens is 1. The maximum Gasteiger partial charge on any atom is 0.252 e. The van der Waals surface area contributed by atoms with Crippen molar-refractivity contribution in [1.29, 1.82) is 0 Å². The van der Waals surface area contributed by atoms with Crippen molar-refractivity contribution in [2.75, 3.05) is 45.3 Å². The third-order valence-corrected chi connectivity index (χ3v) is 8.90. The zero-order chi connectivity index (χ0) is 19.0. The van der Waals surface area contributed by atoms with Gasteiger partial charge in [-0.25, -0.2) is 13.4 Å². The van der Waals surface area contributed by atoms with Gasteiger partial charge in [0.2, 0.25) is 0 Å². The number of thiophene rings is 1. The molecule has 3 heterocycles. The van der Waals surface area contributed by atoms with Crippen LogP contribution >= 0.6 is 22.7 Å². The number of hydrogen-bond donors (Lipinski definition) is 0. The molecule has 27 heavy (non-hydrogen) atoms. The highest BCUT2D eigenvalue weighted by atomic mass is 32.2. The predicted molar refractivity (Wildman–Crippen MR) is 108 cm³/mol. The highest BCUT2D eigenvalue weighted by Gasteiger charge is 2.30. The molecule has 1 aliphatic rings. The Hall–Kier alpha value is -1.88. The zero-order valence-electron chi connectivity index (χ0n) is 14.9. The van der Waals surface area contributed by atoms with E-state index in [1.165, 1.54) is 22.7 Å². The lowest BCUT2D eigenvalue weighted by molar-refractivity contribution is 0.385. The van der Waals surface area contributed by atoms with Gasteiger partial charge in [-0.1, -0.05) is 17.4 Å². The summed E-state index contributed by atoms with van der Waals surface area (Å²) in [6, 6.07) is 7.12. The number of benzene rings is 1. The highest BCUT2D eigenvalue weighted by Crippen LogP contribution is 2.40. The van der Waals surface area contributed by atoms with Gasteiger partial charge in [0.05, 0.1) is 14.2 Å². The summed E-state index contributed by atoms with van der Waals surface area (Å²) in [7, 11) is -0.149. The average Bonchev–Trinajstić information content (AvgIpc) is 3.37. The molecule has 3 aromatic rings. The van der Waals surface area contributed by atoms with Gasteiger partial charge in [0.25, 0.3) is 10.0 Å². The monoisotopic (exact) mass is 425 g/mol. The minimum absolute atomic E-state index is 0.394. The Morgan fingerprint density at radius 2 is 1.74 bits per heavy atom. The first-order valence-electron chi connectivity index (χ1n) is 8.34. The molecular weight excluding hydrogens is 406 g/mol. The lowest BCUT2D eigenvalue weighted by atomic mass is 10.3. The second-order valence-corrected chi connectivity index (χ2v) is 10.1. The Morgan fingerprint density at radius 3 is 2.37 bits per heavy atom. The van der Waals surface area contributed by atoms with Gasteiger partial charge < -0.3 is 14.4 Å². The van der Waals surface area contributed by atoms with E-state index in [1.54, 1.807) is 36.0 Å². The van der Waals surface area contributed by atoms with E-state index in [9.17, 15) is 8.42 Å². The number of fused-ring (bicyclic) bond motifs is 1. The Labute approximate surface area is 165 Å². The number of methoxy groups -OCH3 is 2. The summed E-state index contributed by atoms with van der Waals surface area (Å²) < 4.78 is 39.1. The van der Waals surface area contributed by atoms with Crippen LogP contribution in [0.1, 0.15) is 0 Å². The number of ether oxygens (including phenoxy) is 2. The van der Waals surface area contributed by atoms with Gasteiger partial charge in [-0.3, -0.25) is 0 Å². The molecule has 0 amide bonds. The summed E-state index contributed by atoms with van der Waals surface area (Å²) >= 11 is 2.79. The van der Waals surface area contributed by atoms with E-state index in [1.807, 2.05) is 12.1 Å². The van der Waals surface area contributed by atoms with Gasteiger partial charge in [-0.15, -0.1) is 11.3 Å². The van der Waals surface area contributed by atoms with Crippen LogP contribution in [0.25, 0.3) is 10.2 Å². The number of sulfonamides is 1. The van der Waals surface area contributed by atoms with Gasteiger partial charge in [-0.2, -0.15) is 4.31 Å². The first-order valence-corrected chi connectivity index (χ1v) is 11.5. The highest BCUT2D eigenvalue weighted by molar-refractivity contribution is 7.91. The van der Waals surface area contributed by atoms with Gasteiger partial charge in [0.1, 0.15) is 25.9 Å². The lowest BCUT2D eigenvalue weighted by Gasteiger charge is -2.33. The largest absolute Gasteiger partial charge is 0.495 e. The van der Waals surface area contributed by atoms with Crippen LogP contribution in [0.3, 0.4) is 0 Å². The van der Waals surface area contributed by atoms with Crippen molar-refractivity contribution < 1.29 is 17.9 Å². The molecule has 0 N–H and O–H groups in total. The Bertz CT molecular complexity index is 998. The molecule has 144 valence electrons. The van der Waals surface area contributed by atoms with Crippen molar-refractivity contribution >= 4 is 48.0 Å². The average molecular weight is 426 g/mol. The van der Waals surface area contributed by atoms with Crippen molar-refractivity contribution in [3.05, 3.63) is 29.6 Å². The van der Waals surface area contributed by atoms with E-state index in [-0.39, 0.29) is 0 Å². The maximum atomic E-state index is 12.7. The van der Waals surface area contributed by atoms with E-state index in [0.717, 1.165) is 21.1 Å². The van der Waals surface area contributed by atoms with Crippen molar-refractivity contribution in [3.8, 4) is 11.5 Å². The van der Waals surface area contributed by atoms with Crippen molar-refractivity contribution in [3.63, 3.8) is 0 Å². The number of thiazole rings is 1. The summed E-state index contributed by atoms with van der Waals surface area (Å²) in [6.45, 7) is 2.05. The number of rotatable bonds is 5. The number of anilines is 1. The molecule has 1 aromatic carbocycles. The fraction of sp³-hybridized carbons (Fsp3) is 0.353. The summed E-state index contributed by atoms with van der Waals surface area (Å²) in [5.41, 5.74) is 0.769. The molecule has 0 saturated carbocycles. The fourth-order valence-electron chi connectivity index (χ4n) is 3.07. The molecule has 0 spiro atoms. The van der Waals surface area contributed by atoms with Crippen LogP contribution in [-0.4, -0.2) is 58.1 Å². The minimum Gasteiger partial charge on any atom is -0.495 e. The first kappa shape index (κ1) is 18.5. The van der Waals surface area contributed by atoms with E-state index in [2.05, 4.69) is 4.90 Å². The molecule has 2 aromatic heterocycles. The number of piperazine rings is 1. The molecule has 7 nitrogen and oxygen atoms in total. The second-order valence-electron chi connectivity index (χ2n) is 5.97. The summed E-state index contributed by atoms with van der Waals surface area (Å²) in [6.07, 6.45) is 0. The molecule has 1 saturated heterocycles. The van der Waals surface area contributed by atoms with Gasteiger partial charge >= 0.3 is 0 Å². The minimum atomic E-state index is -3.40. The summed E-state index contributed by atoms with van der Waals surface area (Å²) in [5.74, 6) is 1.46. The molecule has 0 unspecified atom stereocenters. The molecule has 0 aliphatic carbocycles. The zero-order valence-corrected chi connectivity index (χ0v) is 17.4. The number of hydrogen-bond acceptors (Lipinski definition) is 8. The van der Waals surface area contributed by atoms with Crippen molar-refractivity contribution in [2.45, 2.75) is 4.21 Å². The molecule has 0 radical (unpaired) electrons. The van der Waals surface area contributed by atoms with Crippen LogP contribution in [0.2, 0.25) is 0 Å². The van der Waals surface area contributed by atoms with E-state index < -0.39 is 10.0 Å². The topological polar surface area (TPSA) is 72.0 Å². The van der Waals surface area contributed by atoms with E-state index in [0.29, 0.717) is 36.1 Å².